The number of thiophene rings is 1. The van der Waals surface area contributed by atoms with Crippen molar-refractivity contribution < 1.29 is 14.4 Å². The molecule has 5 nitrogen and oxygen atoms in total. The number of ether oxygens (including phenoxy) is 1. The molecule has 0 bridgehead atoms. The van der Waals surface area contributed by atoms with Crippen LogP contribution in [0.2, 0.25) is 0 Å². The van der Waals surface area contributed by atoms with E-state index in [-0.39, 0.29) is 6.61 Å². The smallest absolute Gasteiger partial charge is 0.227 e. The molecule has 98 valence electrons. The number of aryl methyl sites for hydroxylation is 2. The van der Waals surface area contributed by atoms with Gasteiger partial charge in [-0.05, 0) is 26.3 Å². The van der Waals surface area contributed by atoms with Gasteiger partial charge in [0.2, 0.25) is 11.7 Å². The summed E-state index contributed by atoms with van der Waals surface area (Å²) in [5.74, 6) is 1.91. The van der Waals surface area contributed by atoms with Crippen LogP contribution in [0.25, 0.3) is 10.7 Å². The number of aliphatic hydroxyl groups is 1. The Kier molecular flexibility index (Phi) is 4.33. The zero-order valence-corrected chi connectivity index (χ0v) is 11.3. The molecule has 0 unspecified atom stereocenters. The van der Waals surface area contributed by atoms with Crippen molar-refractivity contribution >= 4 is 11.3 Å². The molecule has 0 aromatic carbocycles. The van der Waals surface area contributed by atoms with Gasteiger partial charge in [-0.3, -0.25) is 0 Å². The Morgan fingerprint density at radius 2 is 2.33 bits per heavy atom. The van der Waals surface area contributed by atoms with Crippen LogP contribution in [-0.2, 0) is 6.42 Å². The molecule has 2 aromatic rings. The summed E-state index contributed by atoms with van der Waals surface area (Å²) in [6, 6.07) is 1.98. The van der Waals surface area contributed by atoms with Crippen LogP contribution in [0.15, 0.2) is 10.6 Å². The van der Waals surface area contributed by atoms with Crippen molar-refractivity contribution in [3.05, 3.63) is 16.8 Å². The molecule has 0 atom stereocenters. The molecule has 2 heterocycles. The molecule has 18 heavy (non-hydrogen) atoms. The average Bonchev–Trinajstić information content (AvgIpc) is 2.94. The van der Waals surface area contributed by atoms with Crippen molar-refractivity contribution in [2.75, 3.05) is 13.2 Å². The second-order valence-electron chi connectivity index (χ2n) is 3.82. The number of nitrogens with zero attached hydrogens (tertiary/aromatic N) is 2. The van der Waals surface area contributed by atoms with Crippen LogP contribution in [0.4, 0.5) is 0 Å². The highest BCUT2D eigenvalue weighted by Crippen LogP contribution is 2.36. The summed E-state index contributed by atoms with van der Waals surface area (Å²) in [7, 11) is 0. The molecule has 2 aromatic heterocycles. The van der Waals surface area contributed by atoms with Gasteiger partial charge in [-0.1, -0.05) is 5.16 Å². The maximum Gasteiger partial charge on any atom is 0.227 e. The maximum absolute atomic E-state index is 8.76. The first-order chi connectivity index (χ1) is 8.74. The Hall–Kier alpha value is -1.40. The third kappa shape index (κ3) is 2.88. The molecule has 0 spiro atoms. The minimum absolute atomic E-state index is 0.125. The van der Waals surface area contributed by atoms with Gasteiger partial charge in [0, 0.05) is 17.9 Å². The predicted octanol–water partition coefficient (Wildman–Crippen LogP) is 2.43. The predicted molar refractivity (Wildman–Crippen MR) is 68.9 cm³/mol. The summed E-state index contributed by atoms with van der Waals surface area (Å²) in [6.45, 7) is 4.70. The first-order valence-electron chi connectivity index (χ1n) is 5.91. The standard InChI is InChI=1S/C12H16N2O3S/c1-3-16-9-7-8(2)18-11(9)12-13-10(17-14-12)5-4-6-15/h7,15H,3-6H2,1-2H3. The fourth-order valence-electron chi connectivity index (χ4n) is 1.59. The molecule has 0 aliphatic carbocycles. The van der Waals surface area contributed by atoms with E-state index in [9.17, 15) is 0 Å². The molecule has 0 fully saturated rings. The van der Waals surface area contributed by atoms with Gasteiger partial charge in [0.15, 0.2) is 0 Å². The van der Waals surface area contributed by atoms with E-state index >= 15 is 0 Å². The van der Waals surface area contributed by atoms with E-state index in [0.29, 0.717) is 31.2 Å². The molecule has 0 radical (unpaired) electrons. The van der Waals surface area contributed by atoms with Crippen LogP contribution in [0.5, 0.6) is 5.75 Å². The number of hydrogen-bond acceptors (Lipinski definition) is 6. The van der Waals surface area contributed by atoms with E-state index in [1.165, 1.54) is 0 Å². The van der Waals surface area contributed by atoms with Crippen molar-refractivity contribution in [3.63, 3.8) is 0 Å². The largest absolute Gasteiger partial charge is 0.492 e. The van der Waals surface area contributed by atoms with Crippen molar-refractivity contribution in [1.29, 1.82) is 0 Å². The van der Waals surface area contributed by atoms with Crippen LogP contribution < -0.4 is 4.74 Å². The lowest BCUT2D eigenvalue weighted by Crippen LogP contribution is -1.92. The number of aliphatic hydroxyl groups excluding tert-OH is 1. The summed E-state index contributed by atoms with van der Waals surface area (Å²) >= 11 is 1.59. The first-order valence-corrected chi connectivity index (χ1v) is 6.73. The Morgan fingerprint density at radius 3 is 3.06 bits per heavy atom. The van der Waals surface area contributed by atoms with Gasteiger partial charge in [0.05, 0.1) is 6.61 Å². The second kappa shape index (κ2) is 5.97. The lowest BCUT2D eigenvalue weighted by atomic mass is 10.3. The van der Waals surface area contributed by atoms with E-state index < -0.39 is 0 Å². The lowest BCUT2D eigenvalue weighted by molar-refractivity contribution is 0.278. The average molecular weight is 268 g/mol. The Balaban J connectivity index is 2.22. The third-order valence-corrected chi connectivity index (χ3v) is 3.37. The molecule has 0 aliphatic rings. The molecule has 6 heteroatoms. The summed E-state index contributed by atoms with van der Waals surface area (Å²) < 4.78 is 10.7. The fraction of sp³-hybridized carbons (Fsp3) is 0.500. The van der Waals surface area contributed by atoms with Gasteiger partial charge >= 0.3 is 0 Å². The van der Waals surface area contributed by atoms with Gasteiger partial charge < -0.3 is 14.4 Å². The molecule has 0 saturated carbocycles. The van der Waals surface area contributed by atoms with Crippen molar-refractivity contribution in [2.24, 2.45) is 0 Å². The topological polar surface area (TPSA) is 68.4 Å². The Labute approximate surface area is 109 Å². The van der Waals surface area contributed by atoms with Gasteiger partial charge in [0.25, 0.3) is 0 Å². The van der Waals surface area contributed by atoms with E-state index in [4.69, 9.17) is 14.4 Å². The first kappa shape index (κ1) is 13.0. The SMILES string of the molecule is CCOc1cc(C)sc1-c1noc(CCCO)n1. The highest BCUT2D eigenvalue weighted by Gasteiger charge is 2.16. The van der Waals surface area contributed by atoms with Gasteiger partial charge in [-0.2, -0.15) is 4.98 Å². The van der Waals surface area contributed by atoms with E-state index in [0.717, 1.165) is 15.5 Å². The van der Waals surface area contributed by atoms with Gasteiger partial charge in [0.1, 0.15) is 10.6 Å². The molecule has 0 aliphatic heterocycles. The Bertz CT molecular complexity index is 507. The van der Waals surface area contributed by atoms with E-state index in [2.05, 4.69) is 10.1 Å². The van der Waals surface area contributed by atoms with E-state index in [1.54, 1.807) is 11.3 Å². The highest BCUT2D eigenvalue weighted by molar-refractivity contribution is 7.15. The number of aromatic nitrogens is 2. The van der Waals surface area contributed by atoms with E-state index in [1.807, 2.05) is 19.9 Å². The second-order valence-corrected chi connectivity index (χ2v) is 5.08. The minimum atomic E-state index is 0.125. The van der Waals surface area contributed by atoms with Crippen LogP contribution >= 0.6 is 11.3 Å². The monoisotopic (exact) mass is 268 g/mol. The molecule has 1 N–H and O–H groups in total. The zero-order valence-electron chi connectivity index (χ0n) is 10.5. The van der Waals surface area contributed by atoms with Crippen LogP contribution in [0.1, 0.15) is 24.1 Å². The fourth-order valence-corrected chi connectivity index (χ4v) is 2.47. The molecular weight excluding hydrogens is 252 g/mol. The third-order valence-electron chi connectivity index (χ3n) is 2.34. The maximum atomic E-state index is 8.76. The molecule has 0 saturated heterocycles. The minimum Gasteiger partial charge on any atom is -0.492 e. The quantitative estimate of drug-likeness (QED) is 0.871. The highest BCUT2D eigenvalue weighted by atomic mass is 32.1. The van der Waals surface area contributed by atoms with Crippen molar-refractivity contribution in [3.8, 4) is 16.5 Å². The van der Waals surface area contributed by atoms with Crippen LogP contribution in [0, 0.1) is 6.92 Å². The number of hydrogen-bond donors (Lipinski definition) is 1. The lowest BCUT2D eigenvalue weighted by Gasteiger charge is -2.00. The van der Waals surface area contributed by atoms with Gasteiger partial charge in [-0.15, -0.1) is 11.3 Å². The summed E-state index contributed by atoms with van der Waals surface area (Å²) in [4.78, 5) is 6.36. The summed E-state index contributed by atoms with van der Waals surface area (Å²) in [6.07, 6.45) is 1.22. The molecular formula is C12H16N2O3S. The number of rotatable bonds is 6. The van der Waals surface area contributed by atoms with Crippen LogP contribution in [-0.4, -0.2) is 28.5 Å². The van der Waals surface area contributed by atoms with Gasteiger partial charge in [-0.25, -0.2) is 0 Å². The normalized spacial score (nSPS) is 10.8. The van der Waals surface area contributed by atoms with Crippen molar-refractivity contribution in [2.45, 2.75) is 26.7 Å². The van der Waals surface area contributed by atoms with Crippen LogP contribution in [0.3, 0.4) is 0 Å². The Morgan fingerprint density at radius 1 is 1.50 bits per heavy atom. The summed E-state index contributed by atoms with van der Waals surface area (Å²) in [5, 5.41) is 12.7. The zero-order chi connectivity index (χ0) is 13.0. The van der Waals surface area contributed by atoms with Crippen molar-refractivity contribution in [1.82, 2.24) is 10.1 Å². The molecule has 2 rings (SSSR count). The molecule has 0 amide bonds. The summed E-state index contributed by atoms with van der Waals surface area (Å²) in [5.41, 5.74) is 0.